The van der Waals surface area contributed by atoms with E-state index in [0.717, 1.165) is 12.2 Å². The number of nitrogens with one attached hydrogen (secondary N) is 1. The number of nitrogens with zero attached hydrogens (tertiary/aromatic N) is 1. The van der Waals surface area contributed by atoms with E-state index in [9.17, 15) is 4.79 Å². The minimum atomic E-state index is -0.301. The number of primary amides is 1. The second-order valence-electron chi connectivity index (χ2n) is 4.29. The van der Waals surface area contributed by atoms with Crippen molar-refractivity contribution >= 4 is 11.6 Å². The van der Waals surface area contributed by atoms with Gasteiger partial charge in [-0.3, -0.25) is 4.79 Å². The van der Waals surface area contributed by atoms with Crippen LogP contribution in [0, 0.1) is 6.92 Å². The Bertz CT molecular complexity index is 361. The van der Waals surface area contributed by atoms with E-state index in [1.165, 1.54) is 5.56 Å². The van der Waals surface area contributed by atoms with Crippen molar-refractivity contribution in [2.24, 2.45) is 5.73 Å². The predicted octanol–water partition coefficient (Wildman–Crippen LogP) is 0.895. The number of rotatable bonds is 6. The summed E-state index contributed by atoms with van der Waals surface area (Å²) in [6.45, 7) is 2.85. The molecule has 1 atom stereocenters. The Morgan fingerprint density at radius 2 is 2.00 bits per heavy atom. The number of aryl methyl sites for hydroxylation is 1. The van der Waals surface area contributed by atoms with E-state index >= 15 is 0 Å². The van der Waals surface area contributed by atoms with E-state index < -0.39 is 0 Å². The number of carbonyl (C=O) groups excluding carboxylic acids is 1. The molecule has 94 valence electrons. The van der Waals surface area contributed by atoms with Gasteiger partial charge in [0.15, 0.2) is 0 Å². The first-order valence-corrected chi connectivity index (χ1v) is 5.79. The molecule has 1 rings (SSSR count). The summed E-state index contributed by atoms with van der Waals surface area (Å²) >= 11 is 0. The molecule has 0 fully saturated rings. The van der Waals surface area contributed by atoms with E-state index in [-0.39, 0.29) is 11.9 Å². The van der Waals surface area contributed by atoms with Gasteiger partial charge in [0.1, 0.15) is 0 Å². The highest BCUT2D eigenvalue weighted by Crippen LogP contribution is 2.13. The molecule has 17 heavy (non-hydrogen) atoms. The second-order valence-corrected chi connectivity index (χ2v) is 4.29. The van der Waals surface area contributed by atoms with Gasteiger partial charge in [0.2, 0.25) is 5.91 Å². The molecular formula is C13H21N3O. The maximum absolute atomic E-state index is 11.1. The molecule has 0 aliphatic heterocycles. The summed E-state index contributed by atoms with van der Waals surface area (Å²) in [7, 11) is 3.76. The third-order valence-corrected chi connectivity index (χ3v) is 2.92. The highest BCUT2D eigenvalue weighted by molar-refractivity contribution is 5.79. The minimum Gasteiger partial charge on any atom is -0.375 e. The lowest BCUT2D eigenvalue weighted by Crippen LogP contribution is -2.41. The van der Waals surface area contributed by atoms with Crippen LogP contribution in [0.15, 0.2) is 24.3 Å². The van der Waals surface area contributed by atoms with E-state index in [4.69, 9.17) is 5.73 Å². The highest BCUT2D eigenvalue weighted by atomic mass is 16.1. The molecule has 0 aliphatic rings. The molecule has 0 saturated heterocycles. The summed E-state index contributed by atoms with van der Waals surface area (Å²) in [5.41, 5.74) is 7.66. The molecule has 1 unspecified atom stereocenters. The fraction of sp³-hybridized carbons (Fsp3) is 0.462. The molecule has 0 radical (unpaired) electrons. The van der Waals surface area contributed by atoms with Crippen molar-refractivity contribution in [2.45, 2.75) is 19.4 Å². The zero-order valence-electron chi connectivity index (χ0n) is 10.7. The highest BCUT2D eigenvalue weighted by Gasteiger charge is 2.13. The Hall–Kier alpha value is -1.55. The zero-order valence-corrected chi connectivity index (χ0v) is 10.7. The van der Waals surface area contributed by atoms with Gasteiger partial charge >= 0.3 is 0 Å². The van der Waals surface area contributed by atoms with Crippen LogP contribution in [0.1, 0.15) is 12.0 Å². The number of hydrogen-bond acceptors (Lipinski definition) is 3. The SMILES string of the molecule is CNC(CCN(C)c1ccc(C)cc1)C(N)=O. The Labute approximate surface area is 103 Å². The van der Waals surface area contributed by atoms with Crippen LogP contribution in [0.4, 0.5) is 5.69 Å². The van der Waals surface area contributed by atoms with Gasteiger partial charge in [0.25, 0.3) is 0 Å². The number of benzene rings is 1. The molecule has 1 aromatic carbocycles. The van der Waals surface area contributed by atoms with Gasteiger partial charge in [0.05, 0.1) is 6.04 Å². The minimum absolute atomic E-state index is 0.261. The first-order valence-electron chi connectivity index (χ1n) is 5.79. The molecule has 1 aromatic rings. The maximum atomic E-state index is 11.1. The zero-order chi connectivity index (χ0) is 12.8. The number of carbonyl (C=O) groups is 1. The third-order valence-electron chi connectivity index (χ3n) is 2.92. The number of amides is 1. The predicted molar refractivity (Wildman–Crippen MR) is 71.1 cm³/mol. The third kappa shape index (κ3) is 4.07. The van der Waals surface area contributed by atoms with E-state index in [0.29, 0.717) is 6.42 Å². The molecule has 0 saturated carbocycles. The fourth-order valence-electron chi connectivity index (χ4n) is 1.68. The van der Waals surface area contributed by atoms with Crippen LogP contribution in [0.25, 0.3) is 0 Å². The maximum Gasteiger partial charge on any atom is 0.234 e. The summed E-state index contributed by atoms with van der Waals surface area (Å²) in [6, 6.07) is 8.05. The monoisotopic (exact) mass is 235 g/mol. The lowest BCUT2D eigenvalue weighted by atomic mass is 10.1. The normalized spacial score (nSPS) is 12.2. The van der Waals surface area contributed by atoms with E-state index in [1.807, 2.05) is 7.05 Å². The molecule has 0 heterocycles. The molecule has 0 aliphatic carbocycles. The molecule has 3 N–H and O–H groups in total. The second kappa shape index (κ2) is 6.25. The van der Waals surface area contributed by atoms with Gasteiger partial charge in [-0.05, 0) is 32.5 Å². The van der Waals surface area contributed by atoms with Crippen molar-refractivity contribution in [3.8, 4) is 0 Å². The van der Waals surface area contributed by atoms with Crippen LogP contribution >= 0.6 is 0 Å². The molecule has 0 bridgehead atoms. The van der Waals surface area contributed by atoms with Crippen molar-refractivity contribution in [3.05, 3.63) is 29.8 Å². The summed E-state index contributed by atoms with van der Waals surface area (Å²) in [4.78, 5) is 13.2. The van der Waals surface area contributed by atoms with Crippen molar-refractivity contribution in [1.29, 1.82) is 0 Å². The number of anilines is 1. The summed E-state index contributed by atoms with van der Waals surface area (Å²) < 4.78 is 0. The van der Waals surface area contributed by atoms with Crippen molar-refractivity contribution in [2.75, 3.05) is 25.5 Å². The Kier molecular flexibility index (Phi) is 4.97. The lowest BCUT2D eigenvalue weighted by Gasteiger charge is -2.21. The Morgan fingerprint density at radius 3 is 2.47 bits per heavy atom. The first kappa shape index (κ1) is 13.5. The summed E-state index contributed by atoms with van der Waals surface area (Å²) in [6.07, 6.45) is 0.705. The van der Waals surface area contributed by atoms with Gasteiger partial charge in [0, 0.05) is 19.3 Å². The average Bonchev–Trinajstić information content (AvgIpc) is 2.30. The van der Waals surface area contributed by atoms with Crippen LogP contribution in [0.2, 0.25) is 0 Å². The quantitative estimate of drug-likeness (QED) is 0.770. The molecule has 4 nitrogen and oxygen atoms in total. The largest absolute Gasteiger partial charge is 0.375 e. The number of hydrogen-bond donors (Lipinski definition) is 2. The molecule has 0 aromatic heterocycles. The summed E-state index contributed by atoms with van der Waals surface area (Å²) in [5, 5.41) is 2.92. The summed E-state index contributed by atoms with van der Waals surface area (Å²) in [5.74, 6) is -0.301. The van der Waals surface area contributed by atoms with Gasteiger partial charge < -0.3 is 16.0 Å². The van der Waals surface area contributed by atoms with Crippen LogP contribution in [-0.4, -0.2) is 32.6 Å². The van der Waals surface area contributed by atoms with Gasteiger partial charge in [-0.1, -0.05) is 17.7 Å². The van der Waals surface area contributed by atoms with E-state index in [2.05, 4.69) is 41.4 Å². The topological polar surface area (TPSA) is 58.4 Å². The van der Waals surface area contributed by atoms with Crippen LogP contribution in [0.5, 0.6) is 0 Å². The molecular weight excluding hydrogens is 214 g/mol. The first-order chi connectivity index (χ1) is 8.04. The van der Waals surface area contributed by atoms with E-state index in [1.54, 1.807) is 7.05 Å². The van der Waals surface area contributed by atoms with Crippen LogP contribution < -0.4 is 16.0 Å². The Balaban J connectivity index is 2.52. The average molecular weight is 235 g/mol. The lowest BCUT2D eigenvalue weighted by molar-refractivity contribution is -0.119. The number of nitrogens with two attached hydrogens (primary N) is 1. The molecule has 0 spiro atoms. The van der Waals surface area contributed by atoms with Crippen LogP contribution in [0.3, 0.4) is 0 Å². The van der Waals surface area contributed by atoms with Crippen molar-refractivity contribution in [3.63, 3.8) is 0 Å². The number of likely N-dealkylation sites (N-methyl/N-ethyl adjacent to an activating group) is 1. The van der Waals surface area contributed by atoms with Gasteiger partial charge in [-0.25, -0.2) is 0 Å². The molecule has 4 heteroatoms. The van der Waals surface area contributed by atoms with Gasteiger partial charge in [-0.15, -0.1) is 0 Å². The van der Waals surface area contributed by atoms with Crippen molar-refractivity contribution < 1.29 is 4.79 Å². The Morgan fingerprint density at radius 1 is 1.41 bits per heavy atom. The van der Waals surface area contributed by atoms with Gasteiger partial charge in [-0.2, -0.15) is 0 Å². The molecule has 1 amide bonds. The van der Waals surface area contributed by atoms with Crippen molar-refractivity contribution in [1.82, 2.24) is 5.32 Å². The fourth-order valence-corrected chi connectivity index (χ4v) is 1.68. The standard InChI is InChI=1S/C13H21N3O/c1-10-4-6-11(7-5-10)16(3)9-8-12(15-2)13(14)17/h4-7,12,15H,8-9H2,1-3H3,(H2,14,17). The van der Waals surface area contributed by atoms with Crippen LogP contribution in [-0.2, 0) is 4.79 Å². The smallest absolute Gasteiger partial charge is 0.234 e.